The monoisotopic (exact) mass is 264 g/mol. The second-order valence-electron chi connectivity index (χ2n) is 5.11. The maximum atomic E-state index is 12.3. The van der Waals surface area contributed by atoms with Crippen molar-refractivity contribution in [1.29, 1.82) is 0 Å². The topological polar surface area (TPSA) is 76.5 Å². The molecule has 5 heteroatoms. The van der Waals surface area contributed by atoms with Crippen molar-refractivity contribution in [3.8, 4) is 0 Å². The molecule has 2 atom stereocenters. The number of carbonyl (C=O) groups excluding carboxylic acids is 1. The van der Waals surface area contributed by atoms with E-state index in [1.54, 1.807) is 11.9 Å². The third kappa shape index (κ3) is 3.04. The van der Waals surface area contributed by atoms with Gasteiger partial charge in [-0.2, -0.15) is 0 Å². The quantitative estimate of drug-likeness (QED) is 0.890. The van der Waals surface area contributed by atoms with Crippen molar-refractivity contribution < 1.29 is 9.21 Å². The molecule has 2 rings (SSSR count). The van der Waals surface area contributed by atoms with Gasteiger partial charge in [0.2, 0.25) is 0 Å². The fraction of sp³-hybridized carbons (Fsp3) is 0.571. The Bertz CT molecular complexity index is 477. The fourth-order valence-corrected chi connectivity index (χ4v) is 2.81. The van der Waals surface area contributed by atoms with E-state index in [0.717, 1.165) is 19.3 Å². The summed E-state index contributed by atoms with van der Waals surface area (Å²) in [4.78, 5) is 25.0. The zero-order valence-corrected chi connectivity index (χ0v) is 11.2. The minimum atomic E-state index is -0.447. The van der Waals surface area contributed by atoms with Crippen LogP contribution in [0.4, 0.5) is 0 Å². The van der Waals surface area contributed by atoms with Crippen molar-refractivity contribution in [2.75, 3.05) is 13.6 Å². The zero-order valence-electron chi connectivity index (χ0n) is 11.2. The summed E-state index contributed by atoms with van der Waals surface area (Å²) >= 11 is 0. The van der Waals surface area contributed by atoms with E-state index in [9.17, 15) is 9.59 Å². The normalized spacial score (nSPS) is 23.1. The first-order valence-electron chi connectivity index (χ1n) is 6.69. The molecule has 0 aliphatic heterocycles. The Morgan fingerprint density at radius 2 is 2.16 bits per heavy atom. The molecular weight excluding hydrogens is 244 g/mol. The van der Waals surface area contributed by atoms with Gasteiger partial charge in [0.25, 0.3) is 5.91 Å². The molecule has 5 nitrogen and oxygen atoms in total. The van der Waals surface area contributed by atoms with Crippen molar-refractivity contribution in [1.82, 2.24) is 4.90 Å². The van der Waals surface area contributed by atoms with Crippen LogP contribution in [0.1, 0.15) is 36.0 Å². The molecule has 104 valence electrons. The van der Waals surface area contributed by atoms with Crippen molar-refractivity contribution in [2.24, 2.45) is 11.7 Å². The number of hydrogen-bond acceptors (Lipinski definition) is 4. The van der Waals surface area contributed by atoms with E-state index in [4.69, 9.17) is 10.2 Å². The van der Waals surface area contributed by atoms with Crippen LogP contribution in [0.2, 0.25) is 0 Å². The summed E-state index contributed by atoms with van der Waals surface area (Å²) in [6, 6.07) is 2.95. The highest BCUT2D eigenvalue weighted by Crippen LogP contribution is 2.27. The van der Waals surface area contributed by atoms with Crippen LogP contribution in [0, 0.1) is 5.92 Å². The van der Waals surface area contributed by atoms with Gasteiger partial charge in [0, 0.05) is 19.2 Å². The van der Waals surface area contributed by atoms with Gasteiger partial charge in [-0.25, -0.2) is 4.79 Å². The molecule has 1 aliphatic rings. The summed E-state index contributed by atoms with van der Waals surface area (Å²) in [6.07, 6.45) is 5.59. The SMILES string of the molecule is CN(C(=O)c1ccc(=O)oc1)C1CCCCC1CN. The predicted molar refractivity (Wildman–Crippen MR) is 71.9 cm³/mol. The molecule has 2 N–H and O–H groups in total. The van der Waals surface area contributed by atoms with Gasteiger partial charge in [-0.3, -0.25) is 4.79 Å². The predicted octanol–water partition coefficient (Wildman–Crippen LogP) is 1.23. The lowest BCUT2D eigenvalue weighted by molar-refractivity contribution is 0.0617. The molecule has 0 radical (unpaired) electrons. The van der Waals surface area contributed by atoms with Crippen LogP contribution in [-0.2, 0) is 0 Å². The molecule has 1 amide bonds. The number of rotatable bonds is 3. The Morgan fingerprint density at radius 1 is 1.42 bits per heavy atom. The number of nitrogens with zero attached hydrogens (tertiary/aromatic N) is 1. The lowest BCUT2D eigenvalue weighted by atomic mass is 9.83. The second-order valence-corrected chi connectivity index (χ2v) is 5.11. The number of nitrogens with two attached hydrogens (primary N) is 1. The minimum Gasteiger partial charge on any atom is -0.430 e. The highest BCUT2D eigenvalue weighted by atomic mass is 16.4. The summed E-state index contributed by atoms with van der Waals surface area (Å²) < 4.78 is 4.74. The molecule has 0 saturated heterocycles. The van der Waals surface area contributed by atoms with Gasteiger partial charge in [0.1, 0.15) is 6.26 Å². The van der Waals surface area contributed by atoms with Gasteiger partial charge in [-0.05, 0) is 31.4 Å². The first kappa shape index (κ1) is 13.8. The van der Waals surface area contributed by atoms with E-state index >= 15 is 0 Å². The van der Waals surface area contributed by atoms with Gasteiger partial charge in [-0.1, -0.05) is 12.8 Å². The summed E-state index contributed by atoms with van der Waals surface area (Å²) in [5, 5.41) is 0. The number of amides is 1. The van der Waals surface area contributed by atoms with E-state index in [0.29, 0.717) is 18.0 Å². The van der Waals surface area contributed by atoms with Crippen LogP contribution in [-0.4, -0.2) is 30.4 Å². The number of carbonyl (C=O) groups is 1. The third-order valence-corrected chi connectivity index (χ3v) is 3.94. The van der Waals surface area contributed by atoms with Crippen molar-refractivity contribution in [2.45, 2.75) is 31.7 Å². The average Bonchev–Trinajstić information content (AvgIpc) is 2.46. The molecule has 2 unspecified atom stereocenters. The molecule has 1 saturated carbocycles. The Balaban J connectivity index is 2.13. The van der Waals surface area contributed by atoms with Gasteiger partial charge < -0.3 is 15.1 Å². The van der Waals surface area contributed by atoms with E-state index < -0.39 is 5.63 Å². The van der Waals surface area contributed by atoms with Crippen LogP contribution in [0.5, 0.6) is 0 Å². The molecule has 0 spiro atoms. The molecule has 1 heterocycles. The van der Waals surface area contributed by atoms with Crippen LogP contribution in [0.15, 0.2) is 27.6 Å². The molecule has 1 fully saturated rings. The maximum Gasteiger partial charge on any atom is 0.335 e. The first-order chi connectivity index (χ1) is 9.13. The van der Waals surface area contributed by atoms with Crippen LogP contribution >= 0.6 is 0 Å². The second kappa shape index (κ2) is 6.02. The van der Waals surface area contributed by atoms with E-state index in [1.807, 2.05) is 0 Å². The lowest BCUT2D eigenvalue weighted by Gasteiger charge is -2.37. The van der Waals surface area contributed by atoms with E-state index in [1.165, 1.54) is 24.8 Å². The fourth-order valence-electron chi connectivity index (χ4n) is 2.81. The Labute approximate surface area is 112 Å². The summed E-state index contributed by atoms with van der Waals surface area (Å²) in [5.41, 5.74) is 5.75. The van der Waals surface area contributed by atoms with E-state index in [2.05, 4.69) is 0 Å². The molecule has 1 aliphatic carbocycles. The Kier molecular flexibility index (Phi) is 4.37. The van der Waals surface area contributed by atoms with Crippen molar-refractivity contribution in [3.05, 3.63) is 34.4 Å². The molecule has 19 heavy (non-hydrogen) atoms. The first-order valence-corrected chi connectivity index (χ1v) is 6.69. The standard InChI is InChI=1S/C14H20N2O3/c1-16(12-5-3-2-4-10(12)8-15)14(18)11-6-7-13(17)19-9-11/h6-7,9-10,12H,2-5,8,15H2,1H3. The largest absolute Gasteiger partial charge is 0.430 e. The smallest absolute Gasteiger partial charge is 0.335 e. The Hall–Kier alpha value is -1.62. The molecule has 0 bridgehead atoms. The molecular formula is C14H20N2O3. The summed E-state index contributed by atoms with van der Waals surface area (Å²) in [5.74, 6) is 0.243. The highest BCUT2D eigenvalue weighted by molar-refractivity contribution is 5.93. The summed E-state index contributed by atoms with van der Waals surface area (Å²) in [7, 11) is 1.80. The van der Waals surface area contributed by atoms with Crippen LogP contribution < -0.4 is 11.4 Å². The highest BCUT2D eigenvalue weighted by Gasteiger charge is 2.30. The average molecular weight is 264 g/mol. The lowest BCUT2D eigenvalue weighted by Crippen LogP contribution is -2.45. The van der Waals surface area contributed by atoms with Gasteiger partial charge in [-0.15, -0.1) is 0 Å². The van der Waals surface area contributed by atoms with Gasteiger partial charge >= 0.3 is 5.63 Å². The Morgan fingerprint density at radius 3 is 2.79 bits per heavy atom. The van der Waals surface area contributed by atoms with E-state index in [-0.39, 0.29) is 11.9 Å². The molecule has 0 aromatic carbocycles. The van der Waals surface area contributed by atoms with Crippen molar-refractivity contribution >= 4 is 5.91 Å². The molecule has 1 aromatic rings. The minimum absolute atomic E-state index is 0.117. The summed E-state index contributed by atoms with van der Waals surface area (Å²) in [6.45, 7) is 0.603. The molecule has 1 aromatic heterocycles. The van der Waals surface area contributed by atoms with Crippen LogP contribution in [0.25, 0.3) is 0 Å². The maximum absolute atomic E-state index is 12.3. The van der Waals surface area contributed by atoms with Crippen molar-refractivity contribution in [3.63, 3.8) is 0 Å². The van der Waals surface area contributed by atoms with Gasteiger partial charge in [0.05, 0.1) is 5.56 Å². The van der Waals surface area contributed by atoms with Crippen LogP contribution in [0.3, 0.4) is 0 Å². The van der Waals surface area contributed by atoms with Gasteiger partial charge in [0.15, 0.2) is 0 Å². The number of hydrogen-bond donors (Lipinski definition) is 1. The third-order valence-electron chi connectivity index (χ3n) is 3.94. The zero-order chi connectivity index (χ0) is 13.8.